The molecule has 12 saturated carbocycles. The highest BCUT2D eigenvalue weighted by Gasteiger charge is 2.62. The molecule has 0 aromatic carbocycles. The number of carbonyl (C=O) groups is 2. The van der Waals surface area contributed by atoms with Crippen LogP contribution in [0.2, 0.25) is 90.7 Å². The molecule has 12 aliphatic rings. The number of hydrogen-bond donors (Lipinski definition) is 5. The van der Waals surface area contributed by atoms with Gasteiger partial charge in [0, 0.05) is 68.8 Å². The van der Waals surface area contributed by atoms with Crippen molar-refractivity contribution in [3.63, 3.8) is 0 Å². The van der Waals surface area contributed by atoms with Crippen LogP contribution in [0.1, 0.15) is 380 Å². The van der Waals surface area contributed by atoms with E-state index in [1.54, 1.807) is 0 Å². The maximum absolute atomic E-state index is 11.3. The highest BCUT2D eigenvalue weighted by Crippen LogP contribution is 2.66. The van der Waals surface area contributed by atoms with Gasteiger partial charge in [-0.15, -0.1) is 0 Å². The van der Waals surface area contributed by atoms with Gasteiger partial charge in [-0.2, -0.15) is 0 Å². The molecule has 0 saturated heterocycles. The Balaban J connectivity index is 0.000000207. The lowest BCUT2D eigenvalue weighted by Gasteiger charge is -2.49. The van der Waals surface area contributed by atoms with Gasteiger partial charge in [0.1, 0.15) is 12.6 Å². The zero-order valence-electron chi connectivity index (χ0n) is 89.1. The van der Waals surface area contributed by atoms with Crippen molar-refractivity contribution in [1.82, 2.24) is 0 Å². The summed E-state index contributed by atoms with van der Waals surface area (Å²) in [6.45, 7) is 87.9. The van der Waals surface area contributed by atoms with E-state index < -0.39 is 41.6 Å². The van der Waals surface area contributed by atoms with Crippen LogP contribution in [0.5, 0.6) is 0 Å². The van der Waals surface area contributed by atoms with Crippen LogP contribution >= 0.6 is 0 Å². The number of aldehydes is 2. The summed E-state index contributed by atoms with van der Waals surface area (Å²) >= 11 is 0. The first kappa shape index (κ1) is 112. The first-order valence-corrected chi connectivity index (χ1v) is 67.2. The van der Waals surface area contributed by atoms with Crippen molar-refractivity contribution < 1.29 is 57.3 Å². The number of fused-ring (bicyclic) bond motifs is 6. The molecule has 0 bridgehead atoms. The number of carbonyl (C=O) groups excluding carboxylic acids is 2. The highest BCUT2D eigenvalue weighted by atomic mass is 28.4. The van der Waals surface area contributed by atoms with E-state index in [2.05, 4.69) is 252 Å². The summed E-state index contributed by atoms with van der Waals surface area (Å²) in [7, 11) is -8.50. The average Bonchev–Trinajstić information content (AvgIpc) is 1.62. The van der Waals surface area contributed by atoms with Gasteiger partial charge in [0.05, 0.1) is 6.10 Å². The van der Waals surface area contributed by atoms with Gasteiger partial charge in [0.25, 0.3) is 0 Å². The smallest absolute Gasteiger partial charge is 0.192 e. The lowest BCUT2D eigenvalue weighted by molar-refractivity contribution is -0.115. The van der Waals surface area contributed by atoms with Gasteiger partial charge in [-0.3, -0.25) is 0 Å². The van der Waals surface area contributed by atoms with Crippen LogP contribution in [0.4, 0.5) is 0 Å². The Bertz CT molecular complexity index is 3060. The Morgan fingerprint density at radius 3 is 0.608 bits per heavy atom. The molecular weight excluding hydrogens is 1630 g/mol. The third kappa shape index (κ3) is 24.6. The third-order valence-electron chi connectivity index (χ3n) is 41.7. The van der Waals surface area contributed by atoms with Crippen molar-refractivity contribution in [1.29, 1.82) is 0 Å². The summed E-state index contributed by atoms with van der Waals surface area (Å²) in [5, 5.41) is 49.7. The van der Waals surface area contributed by atoms with Crippen molar-refractivity contribution in [3.05, 3.63) is 0 Å². The number of aliphatic hydroxyl groups is 5. The fraction of sp³-hybridized carbons (Fsp3) is 0.981. The summed E-state index contributed by atoms with van der Waals surface area (Å²) in [6.07, 6.45) is 41.9. The van der Waals surface area contributed by atoms with Gasteiger partial charge < -0.3 is 57.3 Å². The molecule has 12 rings (SSSR count). The van der Waals surface area contributed by atoms with E-state index in [1.165, 1.54) is 186 Å². The zero-order chi connectivity index (χ0) is 94.8. The molecule has 1 unspecified atom stereocenters. The molecular formula is C108H210O12Si5. The second kappa shape index (κ2) is 43.0. The SMILES string of the molecule is CC(C=O)[C@H]1CC[C@H]2[C@@H](O[Si](C)(C)C(C)(C)C)CCC[C@]12C.C[C@@H](CO)[C@H]1CC[C@H]2[C@@H](O[Si](C)(C)C(C)(C)C)CCC[C@]12C.C[C@H](C=O)[C@H]1CC[C@H]2[C@@H](O[Si](C)(C)C(C)(C)C)CCC[C@]12C.C[C@H](CO)[C@H]1CC[C@H]2[C@@H](O)CCC[C@]12C.C[C@H](CO)[C@H]1CC[C@H]2[C@@H](O[Si](C)(C)C(C)(C)C)CCC[C@]12C.C[C@H](CO)[C@H]1CC[C@H]2[C@@H](O[Si](C)(C)C(C)(C)C)CCC[C@]12C. The lowest BCUT2D eigenvalue weighted by atomic mass is 9.62. The Morgan fingerprint density at radius 1 is 0.272 bits per heavy atom. The largest absolute Gasteiger partial charge is 0.414 e. The standard InChI is InChI=1S/3C19H38O2Si.2C19H36O2Si.C13H24O2/c5*1-14(13-20)15-10-11-16-17(9-8-12-19(15,16)5)21-22(6,7)18(2,3)4;1-9(8-14)10-5-6-11-12(15)4-3-7-13(10,11)2/h3*14-17,20H,8-13H2,1-7H3;2*13-17H,8-12H2,1-7H3;9-12,14-15H,3-8H2,1-2H3/t14-,15+,16-,17-,19+;2*14-,15-,16+,17+,19-;14?,15-,16+,17+,19-;14-,15-,16+,17+,19-;9-,10-,11+,12+,13-/m011111/s1. The summed E-state index contributed by atoms with van der Waals surface area (Å²) in [5.41, 5.74) is 2.06. The third-order valence-corrected chi connectivity index (χ3v) is 64.2. The van der Waals surface area contributed by atoms with Crippen LogP contribution in [0, 0.1) is 139 Å². The van der Waals surface area contributed by atoms with Gasteiger partial charge in [-0.25, -0.2) is 0 Å². The number of hydrogen-bond acceptors (Lipinski definition) is 12. The molecule has 5 N–H and O–H groups in total. The fourth-order valence-electron chi connectivity index (χ4n) is 28.6. The summed E-state index contributed by atoms with van der Waals surface area (Å²) in [6, 6.07) is 0. The Labute approximate surface area is 778 Å². The van der Waals surface area contributed by atoms with E-state index in [0.29, 0.717) is 184 Å². The monoisotopic (exact) mass is 1840 g/mol. The maximum atomic E-state index is 11.3. The first-order chi connectivity index (χ1) is 57.2. The lowest BCUT2D eigenvalue weighted by Crippen LogP contribution is -2.50. The van der Waals surface area contributed by atoms with Crippen molar-refractivity contribution in [2.75, 3.05) is 26.4 Å². The van der Waals surface area contributed by atoms with Crippen molar-refractivity contribution >= 4 is 54.2 Å². The van der Waals surface area contributed by atoms with Crippen LogP contribution in [0.25, 0.3) is 0 Å². The first-order valence-electron chi connectivity index (χ1n) is 52.6. The highest BCUT2D eigenvalue weighted by molar-refractivity contribution is 6.75. The summed E-state index contributed by atoms with van der Waals surface area (Å²) < 4.78 is 34.3. The molecule has 12 nitrogen and oxygen atoms in total. The second-order valence-electron chi connectivity index (χ2n) is 54.4. The van der Waals surface area contributed by atoms with E-state index in [4.69, 9.17) is 22.1 Å². The summed E-state index contributed by atoms with van der Waals surface area (Å²) in [4.78, 5) is 22.7. The fourth-order valence-corrected chi connectivity index (χ4v) is 35.6. The normalized spacial score (nSPS) is 39.0. The summed E-state index contributed by atoms with van der Waals surface area (Å²) in [5.74, 6) is 9.74. The Kier molecular flexibility index (Phi) is 38.5. The van der Waals surface area contributed by atoms with Crippen LogP contribution < -0.4 is 0 Å². The predicted molar refractivity (Wildman–Crippen MR) is 541 cm³/mol. The quantitative estimate of drug-likeness (QED) is 0.0512. The predicted octanol–water partition coefficient (Wildman–Crippen LogP) is 28.7. The topological polar surface area (TPSA) is 181 Å². The van der Waals surface area contributed by atoms with Crippen molar-refractivity contribution in [2.24, 2.45) is 139 Å². The zero-order valence-corrected chi connectivity index (χ0v) is 94.1. The van der Waals surface area contributed by atoms with Crippen LogP contribution in [-0.4, -0.2) is 143 Å². The molecule has 30 atom stereocenters. The molecule has 0 radical (unpaired) electrons. The van der Waals surface area contributed by atoms with E-state index in [9.17, 15) is 35.1 Å². The molecule has 0 spiro atoms. The Morgan fingerprint density at radius 2 is 0.432 bits per heavy atom. The molecule has 0 heterocycles. The minimum atomic E-state index is -1.71. The number of rotatable bonds is 22. The number of aliphatic hydroxyl groups excluding tert-OH is 5. The molecule has 12 aliphatic carbocycles. The molecule has 17 heteroatoms. The van der Waals surface area contributed by atoms with Crippen molar-refractivity contribution in [3.8, 4) is 0 Å². The molecule has 0 aromatic rings. The minimum Gasteiger partial charge on any atom is -0.414 e. The molecule has 0 aromatic heterocycles. The van der Waals surface area contributed by atoms with Gasteiger partial charge >= 0.3 is 0 Å². The minimum absolute atomic E-state index is 0.0837. The average molecular weight is 1840 g/mol. The second-order valence-corrected chi connectivity index (χ2v) is 78.2. The van der Waals surface area contributed by atoms with Crippen molar-refractivity contribution in [2.45, 2.75) is 507 Å². The molecule has 0 aliphatic heterocycles. The molecule has 125 heavy (non-hydrogen) atoms. The molecule has 734 valence electrons. The maximum Gasteiger partial charge on any atom is 0.192 e. The van der Waals surface area contributed by atoms with Crippen LogP contribution in [0.15, 0.2) is 0 Å². The van der Waals surface area contributed by atoms with E-state index in [1.807, 2.05) is 0 Å². The van der Waals surface area contributed by atoms with Crippen LogP contribution in [0.3, 0.4) is 0 Å². The molecule has 12 fully saturated rings. The van der Waals surface area contributed by atoms with Gasteiger partial charge in [-0.1, -0.05) is 225 Å². The van der Waals surface area contributed by atoms with Gasteiger partial charge in [0.2, 0.25) is 0 Å². The van der Waals surface area contributed by atoms with Gasteiger partial charge in [-0.05, 0) is 372 Å². The van der Waals surface area contributed by atoms with E-state index in [-0.39, 0.29) is 43.1 Å². The van der Waals surface area contributed by atoms with Gasteiger partial charge in [0.15, 0.2) is 41.6 Å². The van der Waals surface area contributed by atoms with E-state index >= 15 is 0 Å². The van der Waals surface area contributed by atoms with Crippen LogP contribution in [-0.2, 0) is 31.7 Å². The van der Waals surface area contributed by atoms with E-state index in [0.717, 1.165) is 19.3 Å². The molecule has 0 amide bonds. The Hall–Kier alpha value is 0.0244.